The Bertz CT molecular complexity index is 298. The topological polar surface area (TPSA) is 12.4 Å². The van der Waals surface area contributed by atoms with Gasteiger partial charge in [-0.2, -0.15) is 0 Å². The van der Waals surface area contributed by atoms with Crippen LogP contribution in [-0.4, -0.2) is 6.21 Å². The molecule has 0 atom stereocenters. The van der Waals surface area contributed by atoms with E-state index in [9.17, 15) is 0 Å². The summed E-state index contributed by atoms with van der Waals surface area (Å²) in [7, 11) is 0. The van der Waals surface area contributed by atoms with Crippen molar-refractivity contribution < 1.29 is 0 Å². The quantitative estimate of drug-likeness (QED) is 0.587. The van der Waals surface area contributed by atoms with Crippen LogP contribution in [0.25, 0.3) is 0 Å². The Labute approximate surface area is 73.5 Å². The van der Waals surface area contributed by atoms with E-state index >= 15 is 0 Å². The molecule has 0 saturated carbocycles. The molecule has 0 aromatic heterocycles. The third-order valence-electron chi connectivity index (χ3n) is 1.61. The molecular weight excluding hydrogens is 146 g/mol. The van der Waals surface area contributed by atoms with E-state index in [4.69, 9.17) is 0 Å². The average molecular weight is 159 g/mol. The van der Waals surface area contributed by atoms with Crippen molar-refractivity contribution in [1.29, 1.82) is 0 Å². The molecule has 62 valence electrons. The normalized spacial score (nSPS) is 11.5. The molecule has 0 radical (unpaired) electrons. The lowest BCUT2D eigenvalue weighted by atomic mass is 10.2. The molecule has 0 spiro atoms. The Morgan fingerprint density at radius 2 is 2.00 bits per heavy atom. The minimum absolute atomic E-state index is 1.04. The lowest BCUT2D eigenvalue weighted by Gasteiger charge is -1.95. The highest BCUT2D eigenvalue weighted by molar-refractivity contribution is 5.74. The zero-order valence-corrected chi connectivity index (χ0v) is 7.49. The van der Waals surface area contributed by atoms with Crippen LogP contribution in [0.5, 0.6) is 0 Å². The Morgan fingerprint density at radius 3 is 2.67 bits per heavy atom. The van der Waals surface area contributed by atoms with Crippen molar-refractivity contribution in [3.8, 4) is 0 Å². The van der Waals surface area contributed by atoms with E-state index in [1.165, 1.54) is 5.56 Å². The van der Waals surface area contributed by atoms with Crippen molar-refractivity contribution >= 4 is 11.9 Å². The lowest BCUT2D eigenvalue weighted by Crippen LogP contribution is -1.72. The van der Waals surface area contributed by atoms with Gasteiger partial charge in [0.25, 0.3) is 0 Å². The maximum absolute atomic E-state index is 4.28. The summed E-state index contributed by atoms with van der Waals surface area (Å²) in [5.74, 6) is 0. The molecule has 12 heavy (non-hydrogen) atoms. The summed E-state index contributed by atoms with van der Waals surface area (Å²) in [6, 6.07) is 8.08. The van der Waals surface area contributed by atoms with Gasteiger partial charge in [-0.15, -0.1) is 0 Å². The summed E-state index contributed by atoms with van der Waals surface area (Å²) < 4.78 is 0. The van der Waals surface area contributed by atoms with Crippen LogP contribution in [0.4, 0.5) is 5.69 Å². The molecule has 1 aromatic carbocycles. The van der Waals surface area contributed by atoms with E-state index in [1.54, 1.807) is 0 Å². The molecule has 0 saturated heterocycles. The first-order chi connectivity index (χ1) is 5.84. The Kier molecular flexibility index (Phi) is 3.27. The fraction of sp³-hybridized carbons (Fsp3) is 0.182. The van der Waals surface area contributed by atoms with Gasteiger partial charge in [0.05, 0.1) is 5.69 Å². The van der Waals surface area contributed by atoms with Crippen LogP contribution in [0.3, 0.4) is 0 Å². The standard InChI is InChI=1S/C11H13N/c1-3-4-9-12-11-8-6-5-7-10(11)2/h3-9H,1-2H3/b4-3?,12-9-. The van der Waals surface area contributed by atoms with Crippen LogP contribution in [0.2, 0.25) is 0 Å². The van der Waals surface area contributed by atoms with Crippen LogP contribution >= 0.6 is 0 Å². The van der Waals surface area contributed by atoms with Gasteiger partial charge in [0, 0.05) is 6.21 Å². The first kappa shape index (κ1) is 8.72. The molecule has 0 N–H and O–H groups in total. The van der Waals surface area contributed by atoms with Gasteiger partial charge in [-0.25, -0.2) is 0 Å². The summed E-state index contributed by atoms with van der Waals surface area (Å²) >= 11 is 0. The van der Waals surface area contributed by atoms with Gasteiger partial charge in [-0.3, -0.25) is 4.99 Å². The Balaban J connectivity index is 2.82. The van der Waals surface area contributed by atoms with Crippen LogP contribution in [-0.2, 0) is 0 Å². The van der Waals surface area contributed by atoms with E-state index < -0.39 is 0 Å². The molecule has 0 unspecified atom stereocenters. The number of para-hydroxylation sites is 1. The van der Waals surface area contributed by atoms with Crippen LogP contribution in [0.15, 0.2) is 41.4 Å². The first-order valence-electron chi connectivity index (χ1n) is 4.05. The number of aryl methyl sites for hydroxylation is 1. The van der Waals surface area contributed by atoms with Gasteiger partial charge in [0.2, 0.25) is 0 Å². The Morgan fingerprint density at radius 1 is 1.25 bits per heavy atom. The van der Waals surface area contributed by atoms with Crippen molar-refractivity contribution in [2.45, 2.75) is 13.8 Å². The largest absolute Gasteiger partial charge is 0.257 e. The number of benzene rings is 1. The molecule has 0 aliphatic heterocycles. The predicted molar refractivity (Wildman–Crippen MR) is 54.1 cm³/mol. The zero-order valence-electron chi connectivity index (χ0n) is 7.49. The number of allylic oxidation sites excluding steroid dienone is 2. The number of aliphatic imine (C=N–C) groups is 1. The molecule has 0 fully saturated rings. The summed E-state index contributed by atoms with van der Waals surface area (Å²) in [4.78, 5) is 4.28. The van der Waals surface area contributed by atoms with Gasteiger partial charge in [0.15, 0.2) is 0 Å². The fourth-order valence-electron chi connectivity index (χ4n) is 0.918. The fourth-order valence-corrected chi connectivity index (χ4v) is 0.918. The smallest absolute Gasteiger partial charge is 0.0658 e. The van der Waals surface area contributed by atoms with Crippen molar-refractivity contribution in [3.05, 3.63) is 42.0 Å². The number of nitrogens with zero attached hydrogens (tertiary/aromatic N) is 1. The lowest BCUT2D eigenvalue weighted by molar-refractivity contribution is 1.41. The van der Waals surface area contributed by atoms with Crippen LogP contribution in [0, 0.1) is 6.92 Å². The summed E-state index contributed by atoms with van der Waals surface area (Å²) in [5.41, 5.74) is 2.24. The van der Waals surface area contributed by atoms with Crippen molar-refractivity contribution in [1.82, 2.24) is 0 Å². The second kappa shape index (κ2) is 4.50. The highest BCUT2D eigenvalue weighted by Gasteiger charge is 1.89. The number of rotatable bonds is 2. The Hall–Kier alpha value is -1.37. The van der Waals surface area contributed by atoms with Crippen LogP contribution < -0.4 is 0 Å². The second-order valence-electron chi connectivity index (χ2n) is 2.59. The molecule has 0 aliphatic carbocycles. The van der Waals surface area contributed by atoms with E-state index in [-0.39, 0.29) is 0 Å². The summed E-state index contributed by atoms with van der Waals surface area (Å²) in [5, 5.41) is 0. The van der Waals surface area contributed by atoms with Gasteiger partial charge < -0.3 is 0 Å². The van der Waals surface area contributed by atoms with Gasteiger partial charge in [-0.05, 0) is 31.6 Å². The van der Waals surface area contributed by atoms with Crippen LogP contribution in [0.1, 0.15) is 12.5 Å². The average Bonchev–Trinajstić information content (AvgIpc) is 2.09. The monoisotopic (exact) mass is 159 g/mol. The van der Waals surface area contributed by atoms with E-state index in [2.05, 4.69) is 18.0 Å². The predicted octanol–water partition coefficient (Wildman–Crippen LogP) is 3.27. The molecule has 1 rings (SSSR count). The second-order valence-corrected chi connectivity index (χ2v) is 2.59. The third kappa shape index (κ3) is 2.35. The minimum atomic E-state index is 1.04. The highest BCUT2D eigenvalue weighted by Crippen LogP contribution is 2.15. The minimum Gasteiger partial charge on any atom is -0.257 e. The summed E-state index contributed by atoms with van der Waals surface area (Å²) in [6.07, 6.45) is 5.69. The van der Waals surface area contributed by atoms with Gasteiger partial charge in [-0.1, -0.05) is 24.3 Å². The molecule has 0 heterocycles. The molecule has 0 amide bonds. The molecular formula is C11H13N. The molecule has 1 nitrogen and oxygen atoms in total. The zero-order chi connectivity index (χ0) is 8.81. The maximum atomic E-state index is 4.28. The summed E-state index contributed by atoms with van der Waals surface area (Å²) in [6.45, 7) is 4.03. The third-order valence-corrected chi connectivity index (χ3v) is 1.61. The highest BCUT2D eigenvalue weighted by atomic mass is 14.7. The molecule has 1 aromatic rings. The molecule has 0 bridgehead atoms. The van der Waals surface area contributed by atoms with E-state index in [0.29, 0.717) is 0 Å². The first-order valence-corrected chi connectivity index (χ1v) is 4.05. The van der Waals surface area contributed by atoms with E-state index in [0.717, 1.165) is 5.69 Å². The van der Waals surface area contributed by atoms with Crippen molar-refractivity contribution in [2.75, 3.05) is 0 Å². The van der Waals surface area contributed by atoms with Gasteiger partial charge >= 0.3 is 0 Å². The van der Waals surface area contributed by atoms with E-state index in [1.807, 2.05) is 43.5 Å². The maximum Gasteiger partial charge on any atom is 0.0658 e. The molecule has 0 aliphatic rings. The van der Waals surface area contributed by atoms with Crippen molar-refractivity contribution in [2.24, 2.45) is 4.99 Å². The van der Waals surface area contributed by atoms with Gasteiger partial charge in [0.1, 0.15) is 0 Å². The molecule has 1 heteroatoms. The number of hydrogen-bond donors (Lipinski definition) is 0. The van der Waals surface area contributed by atoms with Crippen molar-refractivity contribution in [3.63, 3.8) is 0 Å². The number of hydrogen-bond acceptors (Lipinski definition) is 1. The SMILES string of the molecule is CC=C/C=N\c1ccccc1C.